The Morgan fingerprint density at radius 2 is 2.38 bits per heavy atom. The molecule has 0 fully saturated rings. The molecule has 16 heavy (non-hydrogen) atoms. The normalized spacial score (nSPS) is 14.3. The van der Waals surface area contributed by atoms with Gasteiger partial charge < -0.3 is 9.30 Å². The topological polar surface area (TPSA) is 61.2 Å². The molecule has 2 rings (SSSR count). The number of carbonyl (C=O) groups is 1. The van der Waals surface area contributed by atoms with E-state index in [4.69, 9.17) is 4.74 Å². The molecular weight excluding hydrogens is 208 g/mol. The maximum Gasteiger partial charge on any atom is 0.345 e. The Hall–Kier alpha value is -1.65. The van der Waals surface area contributed by atoms with E-state index in [0.29, 0.717) is 0 Å². The zero-order valence-corrected chi connectivity index (χ0v) is 9.23. The van der Waals surface area contributed by atoms with Crippen molar-refractivity contribution in [1.82, 2.24) is 9.55 Å². The van der Waals surface area contributed by atoms with E-state index in [0.717, 1.165) is 31.6 Å². The van der Waals surface area contributed by atoms with E-state index in [1.165, 1.54) is 0 Å². The highest BCUT2D eigenvalue weighted by Gasteiger charge is 2.17. The van der Waals surface area contributed by atoms with E-state index in [-0.39, 0.29) is 12.2 Å². The predicted molar refractivity (Wildman–Crippen MR) is 57.4 cm³/mol. The van der Waals surface area contributed by atoms with Crippen molar-refractivity contribution in [3.8, 4) is 0 Å². The minimum absolute atomic E-state index is 0.0347. The predicted octanol–water partition coefficient (Wildman–Crippen LogP) is 0.756. The lowest BCUT2D eigenvalue weighted by Crippen LogP contribution is -2.27. The molecule has 0 unspecified atom stereocenters. The van der Waals surface area contributed by atoms with Gasteiger partial charge in [-0.1, -0.05) is 0 Å². The van der Waals surface area contributed by atoms with Crippen LogP contribution in [0.25, 0.3) is 0 Å². The standard InChI is InChI=1S/C11H14N2O3/c1-2-16-11(15)8-7-13-6-4-3-5-9(13)12-10(8)14/h7H,2-6H2,1H3. The van der Waals surface area contributed by atoms with E-state index in [1.54, 1.807) is 13.1 Å². The van der Waals surface area contributed by atoms with E-state index < -0.39 is 11.5 Å². The highest BCUT2D eigenvalue weighted by molar-refractivity contribution is 5.88. The summed E-state index contributed by atoms with van der Waals surface area (Å²) >= 11 is 0. The third-order valence-corrected chi connectivity index (χ3v) is 2.62. The molecule has 0 spiro atoms. The number of esters is 1. The molecule has 5 nitrogen and oxygen atoms in total. The van der Waals surface area contributed by atoms with Crippen LogP contribution in [0.2, 0.25) is 0 Å². The second-order valence-electron chi connectivity index (χ2n) is 3.75. The Bertz CT molecular complexity index is 465. The van der Waals surface area contributed by atoms with Crippen LogP contribution in [-0.4, -0.2) is 22.1 Å². The van der Waals surface area contributed by atoms with Gasteiger partial charge in [-0.3, -0.25) is 4.79 Å². The van der Waals surface area contributed by atoms with Gasteiger partial charge in [-0.15, -0.1) is 0 Å². The molecule has 0 saturated carbocycles. The summed E-state index contributed by atoms with van der Waals surface area (Å²) in [6, 6.07) is 0. The maximum atomic E-state index is 11.6. The summed E-state index contributed by atoms with van der Waals surface area (Å²) in [4.78, 5) is 27.0. The van der Waals surface area contributed by atoms with Gasteiger partial charge in [0.2, 0.25) is 0 Å². The van der Waals surface area contributed by atoms with Crippen LogP contribution in [0.4, 0.5) is 0 Å². The average molecular weight is 222 g/mol. The van der Waals surface area contributed by atoms with Crippen molar-refractivity contribution in [2.45, 2.75) is 32.7 Å². The van der Waals surface area contributed by atoms with Gasteiger partial charge in [0.05, 0.1) is 6.61 Å². The number of rotatable bonds is 2. The van der Waals surface area contributed by atoms with Gasteiger partial charge >= 0.3 is 5.97 Å². The summed E-state index contributed by atoms with van der Waals surface area (Å²) < 4.78 is 6.68. The molecule has 0 radical (unpaired) electrons. The monoisotopic (exact) mass is 222 g/mol. The number of carbonyl (C=O) groups excluding carboxylic acids is 1. The van der Waals surface area contributed by atoms with Gasteiger partial charge in [0.25, 0.3) is 5.56 Å². The van der Waals surface area contributed by atoms with E-state index >= 15 is 0 Å². The van der Waals surface area contributed by atoms with Gasteiger partial charge in [-0.05, 0) is 19.8 Å². The molecule has 0 saturated heterocycles. The second kappa shape index (κ2) is 4.47. The minimum atomic E-state index is -0.583. The van der Waals surface area contributed by atoms with E-state index in [9.17, 15) is 9.59 Å². The molecule has 0 aromatic carbocycles. The largest absolute Gasteiger partial charge is 0.462 e. The molecule has 2 heterocycles. The Morgan fingerprint density at radius 3 is 3.12 bits per heavy atom. The second-order valence-corrected chi connectivity index (χ2v) is 3.75. The molecule has 1 aromatic rings. The molecule has 1 aliphatic rings. The van der Waals surface area contributed by atoms with Crippen molar-refractivity contribution in [2.75, 3.05) is 6.61 Å². The lowest BCUT2D eigenvalue weighted by molar-refractivity contribution is 0.0522. The Kier molecular flexibility index (Phi) is 3.03. The van der Waals surface area contributed by atoms with Crippen LogP contribution < -0.4 is 5.56 Å². The Labute approximate surface area is 93.1 Å². The number of aryl methyl sites for hydroxylation is 2. The molecule has 5 heteroatoms. The van der Waals surface area contributed by atoms with Gasteiger partial charge in [0.15, 0.2) is 0 Å². The maximum absolute atomic E-state index is 11.6. The van der Waals surface area contributed by atoms with Gasteiger partial charge in [0, 0.05) is 19.2 Å². The lowest BCUT2D eigenvalue weighted by atomic mass is 10.1. The summed E-state index contributed by atoms with van der Waals surface area (Å²) in [6.07, 6.45) is 4.48. The number of hydrogen-bond acceptors (Lipinski definition) is 4. The van der Waals surface area contributed by atoms with Crippen LogP contribution in [0.3, 0.4) is 0 Å². The smallest absolute Gasteiger partial charge is 0.345 e. The fourth-order valence-electron chi connectivity index (χ4n) is 1.83. The first-order chi connectivity index (χ1) is 7.72. The van der Waals surface area contributed by atoms with E-state index in [1.807, 2.05) is 4.57 Å². The summed E-state index contributed by atoms with van der Waals surface area (Å²) in [7, 11) is 0. The SMILES string of the molecule is CCOC(=O)c1cn2c(nc1=O)CCCC2. The van der Waals surface area contributed by atoms with Crippen molar-refractivity contribution in [3.05, 3.63) is 27.9 Å². The highest BCUT2D eigenvalue weighted by atomic mass is 16.5. The van der Waals surface area contributed by atoms with Crippen LogP contribution in [0.5, 0.6) is 0 Å². The summed E-state index contributed by atoms with van der Waals surface area (Å²) in [6.45, 7) is 2.79. The molecule has 1 aliphatic heterocycles. The number of fused-ring (bicyclic) bond motifs is 1. The molecule has 0 atom stereocenters. The fraction of sp³-hybridized carbons (Fsp3) is 0.545. The third-order valence-electron chi connectivity index (χ3n) is 2.62. The zero-order valence-electron chi connectivity index (χ0n) is 9.23. The molecule has 1 aromatic heterocycles. The lowest BCUT2D eigenvalue weighted by Gasteiger charge is -2.17. The fourth-order valence-corrected chi connectivity index (χ4v) is 1.83. The van der Waals surface area contributed by atoms with Gasteiger partial charge in [-0.2, -0.15) is 4.98 Å². The zero-order chi connectivity index (χ0) is 11.5. The Balaban J connectivity index is 2.39. The molecule has 0 amide bonds. The molecule has 0 N–H and O–H groups in total. The summed E-state index contributed by atoms with van der Waals surface area (Å²) in [5.74, 6) is 0.185. The molecular formula is C11H14N2O3. The first-order valence-electron chi connectivity index (χ1n) is 5.50. The van der Waals surface area contributed by atoms with Crippen LogP contribution in [0.15, 0.2) is 11.0 Å². The van der Waals surface area contributed by atoms with E-state index in [2.05, 4.69) is 4.98 Å². The van der Waals surface area contributed by atoms with Gasteiger partial charge in [0.1, 0.15) is 11.4 Å². The number of hydrogen-bond donors (Lipinski definition) is 0. The first kappa shape index (κ1) is 10.9. The van der Waals surface area contributed by atoms with Crippen LogP contribution in [0, 0.1) is 0 Å². The van der Waals surface area contributed by atoms with Gasteiger partial charge in [-0.25, -0.2) is 4.79 Å². The van der Waals surface area contributed by atoms with Crippen LogP contribution in [-0.2, 0) is 17.7 Å². The van der Waals surface area contributed by atoms with Crippen LogP contribution >= 0.6 is 0 Å². The average Bonchev–Trinajstić information content (AvgIpc) is 2.28. The molecule has 0 aliphatic carbocycles. The summed E-state index contributed by atoms with van der Waals surface area (Å²) in [5.41, 5.74) is -0.445. The molecule has 0 bridgehead atoms. The van der Waals surface area contributed by atoms with Crippen LogP contribution in [0.1, 0.15) is 35.9 Å². The Morgan fingerprint density at radius 1 is 1.56 bits per heavy atom. The minimum Gasteiger partial charge on any atom is -0.462 e. The number of aromatic nitrogens is 2. The number of ether oxygens (including phenoxy) is 1. The van der Waals surface area contributed by atoms with Crippen molar-refractivity contribution in [2.24, 2.45) is 0 Å². The quantitative estimate of drug-likeness (QED) is 0.693. The van der Waals surface area contributed by atoms with Crippen molar-refractivity contribution in [1.29, 1.82) is 0 Å². The third kappa shape index (κ3) is 1.98. The number of nitrogens with zero attached hydrogens (tertiary/aromatic N) is 2. The summed E-state index contributed by atoms with van der Waals surface area (Å²) in [5, 5.41) is 0. The first-order valence-corrected chi connectivity index (χ1v) is 5.50. The van der Waals surface area contributed by atoms with Crippen molar-refractivity contribution >= 4 is 5.97 Å². The van der Waals surface area contributed by atoms with Crippen molar-refractivity contribution in [3.63, 3.8) is 0 Å². The highest BCUT2D eigenvalue weighted by Crippen LogP contribution is 2.11. The van der Waals surface area contributed by atoms with Crippen molar-refractivity contribution < 1.29 is 9.53 Å². The molecule has 86 valence electrons.